The first-order valence-corrected chi connectivity index (χ1v) is 4.66. The smallest absolute Gasteiger partial charge is 0.434 e. The second kappa shape index (κ2) is 3.23. The standard InChI is InChI=1S/C9H9F3N2O2/c1-4-3-14-7(15)5(2)6(9(10,11)12)13-8(14)16-4/h4H,3H2,1-2H3. The molecule has 0 spiro atoms. The van der Waals surface area contributed by atoms with Crippen LogP contribution >= 0.6 is 0 Å². The number of alkyl halides is 3. The van der Waals surface area contributed by atoms with Gasteiger partial charge in [-0.15, -0.1) is 0 Å². The van der Waals surface area contributed by atoms with Gasteiger partial charge in [0.15, 0.2) is 5.69 Å². The number of nitrogens with zero attached hydrogens (tertiary/aromatic N) is 2. The number of aromatic nitrogens is 2. The number of hydrogen-bond acceptors (Lipinski definition) is 3. The van der Waals surface area contributed by atoms with E-state index in [9.17, 15) is 18.0 Å². The molecule has 1 aromatic heterocycles. The molecule has 0 saturated carbocycles. The van der Waals surface area contributed by atoms with Crippen molar-refractivity contribution in [1.29, 1.82) is 0 Å². The molecule has 1 atom stereocenters. The predicted octanol–water partition coefficient (Wildman–Crippen LogP) is 1.35. The molecular formula is C9H9F3N2O2. The first-order valence-electron chi connectivity index (χ1n) is 4.66. The Morgan fingerprint density at radius 2 is 2.12 bits per heavy atom. The summed E-state index contributed by atoms with van der Waals surface area (Å²) < 4.78 is 43.7. The molecule has 0 N–H and O–H groups in total. The van der Waals surface area contributed by atoms with Crippen LogP contribution in [0.4, 0.5) is 13.2 Å². The Morgan fingerprint density at radius 3 is 2.69 bits per heavy atom. The molecule has 0 radical (unpaired) electrons. The van der Waals surface area contributed by atoms with Crippen LogP contribution in [-0.4, -0.2) is 15.7 Å². The van der Waals surface area contributed by atoms with E-state index in [2.05, 4.69) is 4.98 Å². The van der Waals surface area contributed by atoms with Crippen LogP contribution in [0, 0.1) is 6.92 Å². The first kappa shape index (κ1) is 11.0. The normalized spacial score (nSPS) is 19.4. The second-order valence-electron chi connectivity index (χ2n) is 3.71. The molecule has 0 saturated heterocycles. The molecule has 2 heterocycles. The summed E-state index contributed by atoms with van der Waals surface area (Å²) in [6, 6.07) is -0.254. The second-order valence-corrected chi connectivity index (χ2v) is 3.71. The van der Waals surface area contributed by atoms with Gasteiger partial charge in [-0.05, 0) is 13.8 Å². The Bertz CT molecular complexity index is 493. The van der Waals surface area contributed by atoms with Gasteiger partial charge in [-0.1, -0.05) is 0 Å². The lowest BCUT2D eigenvalue weighted by molar-refractivity contribution is -0.142. The van der Waals surface area contributed by atoms with Gasteiger partial charge in [0.05, 0.1) is 6.54 Å². The zero-order valence-electron chi connectivity index (χ0n) is 8.63. The molecule has 0 fully saturated rings. The number of hydrogen-bond donors (Lipinski definition) is 0. The minimum absolute atomic E-state index is 0.236. The maximum absolute atomic E-state index is 12.5. The van der Waals surface area contributed by atoms with Gasteiger partial charge < -0.3 is 4.74 Å². The van der Waals surface area contributed by atoms with E-state index in [0.717, 1.165) is 11.5 Å². The molecule has 0 aliphatic carbocycles. The van der Waals surface area contributed by atoms with E-state index >= 15 is 0 Å². The largest absolute Gasteiger partial charge is 0.460 e. The van der Waals surface area contributed by atoms with Crippen LogP contribution in [0.5, 0.6) is 6.01 Å². The molecular weight excluding hydrogens is 225 g/mol. The average molecular weight is 234 g/mol. The van der Waals surface area contributed by atoms with Gasteiger partial charge in [-0.3, -0.25) is 9.36 Å². The molecule has 1 aliphatic rings. The lowest BCUT2D eigenvalue weighted by Gasteiger charge is -2.10. The highest BCUT2D eigenvalue weighted by molar-refractivity contribution is 5.23. The molecule has 1 unspecified atom stereocenters. The number of ether oxygens (including phenoxy) is 1. The van der Waals surface area contributed by atoms with Crippen LogP contribution in [0.1, 0.15) is 18.2 Å². The van der Waals surface area contributed by atoms with Crippen LogP contribution in [0.15, 0.2) is 4.79 Å². The molecule has 16 heavy (non-hydrogen) atoms. The van der Waals surface area contributed by atoms with E-state index in [1.54, 1.807) is 6.92 Å². The van der Waals surface area contributed by atoms with E-state index in [-0.39, 0.29) is 18.7 Å². The fourth-order valence-corrected chi connectivity index (χ4v) is 1.63. The lowest BCUT2D eigenvalue weighted by atomic mass is 10.2. The molecule has 1 aromatic rings. The first-order chi connectivity index (χ1) is 7.30. The van der Waals surface area contributed by atoms with Crippen LogP contribution in [0.25, 0.3) is 0 Å². The molecule has 4 nitrogen and oxygen atoms in total. The molecule has 2 rings (SSSR count). The van der Waals surface area contributed by atoms with Gasteiger partial charge in [0, 0.05) is 5.56 Å². The third kappa shape index (κ3) is 1.56. The minimum atomic E-state index is -4.63. The highest BCUT2D eigenvalue weighted by Gasteiger charge is 2.38. The summed E-state index contributed by atoms with van der Waals surface area (Å²) in [5, 5.41) is 0. The van der Waals surface area contributed by atoms with Crippen molar-refractivity contribution in [2.24, 2.45) is 0 Å². The molecule has 7 heteroatoms. The van der Waals surface area contributed by atoms with Crippen LogP contribution in [0.2, 0.25) is 0 Å². The van der Waals surface area contributed by atoms with Crippen LogP contribution < -0.4 is 10.3 Å². The van der Waals surface area contributed by atoms with Crippen molar-refractivity contribution in [2.75, 3.05) is 0 Å². The molecule has 1 aliphatic heterocycles. The summed E-state index contributed by atoms with van der Waals surface area (Å²) in [7, 11) is 0. The van der Waals surface area contributed by atoms with Gasteiger partial charge >= 0.3 is 6.18 Å². The number of fused-ring (bicyclic) bond motifs is 1. The van der Waals surface area contributed by atoms with Crippen molar-refractivity contribution in [3.63, 3.8) is 0 Å². The van der Waals surface area contributed by atoms with Crippen molar-refractivity contribution in [3.05, 3.63) is 21.6 Å². The molecule has 0 amide bonds. The van der Waals surface area contributed by atoms with E-state index in [4.69, 9.17) is 4.74 Å². The molecule has 0 bridgehead atoms. The SMILES string of the molecule is Cc1c(C(F)(F)F)nc2n(c1=O)CC(C)O2. The van der Waals surface area contributed by atoms with E-state index < -0.39 is 23.0 Å². The maximum atomic E-state index is 12.5. The summed E-state index contributed by atoms with van der Waals surface area (Å²) in [4.78, 5) is 15.0. The molecule has 0 aromatic carbocycles. The Labute approximate surface area is 88.7 Å². The Morgan fingerprint density at radius 1 is 1.50 bits per heavy atom. The summed E-state index contributed by atoms with van der Waals surface area (Å²) in [5.74, 6) is 0. The van der Waals surface area contributed by atoms with Gasteiger partial charge in [-0.25, -0.2) is 0 Å². The Kier molecular flexibility index (Phi) is 2.21. The lowest BCUT2D eigenvalue weighted by Crippen LogP contribution is -2.26. The Balaban J connectivity index is 2.66. The topological polar surface area (TPSA) is 44.1 Å². The fourth-order valence-electron chi connectivity index (χ4n) is 1.63. The van der Waals surface area contributed by atoms with Crippen LogP contribution in [-0.2, 0) is 12.7 Å². The zero-order chi connectivity index (χ0) is 12.1. The van der Waals surface area contributed by atoms with Gasteiger partial charge in [0.25, 0.3) is 11.6 Å². The number of rotatable bonds is 0. The van der Waals surface area contributed by atoms with Crippen molar-refractivity contribution < 1.29 is 17.9 Å². The van der Waals surface area contributed by atoms with Gasteiger partial charge in [-0.2, -0.15) is 18.2 Å². The van der Waals surface area contributed by atoms with Crippen molar-refractivity contribution >= 4 is 0 Å². The fraction of sp³-hybridized carbons (Fsp3) is 0.556. The van der Waals surface area contributed by atoms with Crippen molar-refractivity contribution in [1.82, 2.24) is 9.55 Å². The monoisotopic (exact) mass is 234 g/mol. The van der Waals surface area contributed by atoms with Gasteiger partial charge in [0.1, 0.15) is 6.10 Å². The highest BCUT2D eigenvalue weighted by Crippen LogP contribution is 2.31. The third-order valence-corrected chi connectivity index (χ3v) is 2.37. The number of halogens is 3. The van der Waals surface area contributed by atoms with Crippen LogP contribution in [0.3, 0.4) is 0 Å². The van der Waals surface area contributed by atoms with Gasteiger partial charge in [0.2, 0.25) is 0 Å². The van der Waals surface area contributed by atoms with E-state index in [1.807, 2.05) is 0 Å². The molecule has 88 valence electrons. The zero-order valence-corrected chi connectivity index (χ0v) is 8.63. The summed E-state index contributed by atoms with van der Waals surface area (Å²) in [6.45, 7) is 3.02. The summed E-state index contributed by atoms with van der Waals surface area (Å²) >= 11 is 0. The van der Waals surface area contributed by atoms with Crippen molar-refractivity contribution in [3.8, 4) is 6.01 Å². The Hall–Kier alpha value is -1.53. The minimum Gasteiger partial charge on any atom is -0.460 e. The highest BCUT2D eigenvalue weighted by atomic mass is 19.4. The average Bonchev–Trinajstić information content (AvgIpc) is 2.51. The van der Waals surface area contributed by atoms with Crippen molar-refractivity contribution in [2.45, 2.75) is 32.7 Å². The predicted molar refractivity (Wildman–Crippen MR) is 48.3 cm³/mol. The summed E-state index contributed by atoms with van der Waals surface area (Å²) in [6.07, 6.45) is -4.96. The van der Waals surface area contributed by atoms with E-state index in [0.29, 0.717) is 0 Å². The third-order valence-electron chi connectivity index (χ3n) is 2.37. The summed E-state index contributed by atoms with van der Waals surface area (Å²) in [5.41, 5.74) is -2.26. The quantitative estimate of drug-likeness (QED) is 0.680. The maximum Gasteiger partial charge on any atom is 0.434 e. The van der Waals surface area contributed by atoms with E-state index in [1.165, 1.54) is 0 Å².